The van der Waals surface area contributed by atoms with Crippen molar-refractivity contribution in [2.75, 3.05) is 23.4 Å². The second kappa shape index (κ2) is 9.96. The fraction of sp³-hybridized carbons (Fsp3) is 0.148. The highest BCUT2D eigenvalue weighted by molar-refractivity contribution is 6.09. The molecule has 1 heterocycles. The Bertz CT molecular complexity index is 1190. The van der Waals surface area contributed by atoms with Crippen molar-refractivity contribution in [3.63, 3.8) is 0 Å². The first kappa shape index (κ1) is 22.0. The van der Waals surface area contributed by atoms with Gasteiger partial charge in [-0.3, -0.25) is 14.4 Å². The van der Waals surface area contributed by atoms with Gasteiger partial charge in [0.2, 0.25) is 5.91 Å². The predicted molar refractivity (Wildman–Crippen MR) is 130 cm³/mol. The highest BCUT2D eigenvalue weighted by Gasteiger charge is 2.28. The van der Waals surface area contributed by atoms with Gasteiger partial charge in [-0.15, -0.1) is 0 Å². The van der Waals surface area contributed by atoms with Crippen molar-refractivity contribution in [1.82, 2.24) is 5.32 Å². The van der Waals surface area contributed by atoms with E-state index >= 15 is 0 Å². The van der Waals surface area contributed by atoms with E-state index in [0.717, 1.165) is 16.8 Å². The van der Waals surface area contributed by atoms with Crippen molar-refractivity contribution in [1.29, 1.82) is 0 Å². The summed E-state index contributed by atoms with van der Waals surface area (Å²) in [6.45, 7) is 0.756. The molecule has 1 aliphatic rings. The van der Waals surface area contributed by atoms with Crippen LogP contribution in [0.1, 0.15) is 27.9 Å². The third kappa shape index (κ3) is 5.01. The molecule has 3 aromatic carbocycles. The van der Waals surface area contributed by atoms with E-state index in [1.165, 1.54) is 6.08 Å². The number of carbonyl (C=O) groups excluding carboxylic acids is 3. The van der Waals surface area contributed by atoms with E-state index < -0.39 is 0 Å². The number of fused-ring (bicyclic) bond motifs is 1. The predicted octanol–water partition coefficient (Wildman–Crippen LogP) is 4.03. The number of benzene rings is 3. The molecule has 0 saturated heterocycles. The Morgan fingerprint density at radius 2 is 1.58 bits per heavy atom. The van der Waals surface area contributed by atoms with E-state index in [4.69, 9.17) is 0 Å². The van der Waals surface area contributed by atoms with Crippen molar-refractivity contribution in [2.24, 2.45) is 0 Å². The molecule has 6 heteroatoms. The first-order valence-electron chi connectivity index (χ1n) is 10.8. The fourth-order valence-corrected chi connectivity index (χ4v) is 3.83. The van der Waals surface area contributed by atoms with Crippen LogP contribution in [-0.4, -0.2) is 31.3 Å². The van der Waals surface area contributed by atoms with Gasteiger partial charge >= 0.3 is 0 Å². The zero-order valence-electron chi connectivity index (χ0n) is 18.4. The largest absolute Gasteiger partial charge is 0.355 e. The van der Waals surface area contributed by atoms with E-state index in [1.807, 2.05) is 54.6 Å². The molecule has 0 aromatic heterocycles. The molecule has 0 bridgehead atoms. The van der Waals surface area contributed by atoms with Crippen molar-refractivity contribution >= 4 is 35.2 Å². The lowest BCUT2D eigenvalue weighted by atomic mass is 10.1. The van der Waals surface area contributed by atoms with E-state index in [2.05, 4.69) is 5.32 Å². The maximum Gasteiger partial charge on any atom is 0.251 e. The summed E-state index contributed by atoms with van der Waals surface area (Å²) in [5.74, 6) is -0.380. The third-order valence-corrected chi connectivity index (χ3v) is 5.58. The number of carbonyl (C=O) groups is 3. The number of hydrogen-bond acceptors (Lipinski definition) is 3. The summed E-state index contributed by atoms with van der Waals surface area (Å²) in [5, 5.41) is 2.58. The van der Waals surface area contributed by atoms with Crippen molar-refractivity contribution < 1.29 is 14.4 Å². The number of para-hydroxylation sites is 2. The van der Waals surface area contributed by atoms with E-state index in [9.17, 15) is 14.4 Å². The molecule has 4 rings (SSSR count). The molecule has 3 amide bonds. The van der Waals surface area contributed by atoms with Crippen LogP contribution in [0.3, 0.4) is 0 Å². The Morgan fingerprint density at radius 3 is 2.27 bits per heavy atom. The molecule has 33 heavy (non-hydrogen) atoms. The second-order valence-corrected chi connectivity index (χ2v) is 7.73. The Kier molecular flexibility index (Phi) is 6.64. The first-order valence-corrected chi connectivity index (χ1v) is 10.8. The van der Waals surface area contributed by atoms with Gasteiger partial charge in [-0.2, -0.15) is 0 Å². The highest BCUT2D eigenvalue weighted by atomic mass is 16.2. The summed E-state index contributed by atoms with van der Waals surface area (Å²) < 4.78 is 0. The van der Waals surface area contributed by atoms with E-state index in [1.54, 1.807) is 47.2 Å². The number of anilines is 2. The quantitative estimate of drug-likeness (QED) is 0.611. The molecule has 3 aromatic rings. The maximum absolute atomic E-state index is 13.1. The molecular weight excluding hydrogens is 414 g/mol. The minimum absolute atomic E-state index is 0.0182. The molecular formula is C27H25N3O3. The smallest absolute Gasteiger partial charge is 0.251 e. The summed E-state index contributed by atoms with van der Waals surface area (Å²) in [6.07, 6.45) is 3.46. The van der Waals surface area contributed by atoms with Gasteiger partial charge in [-0.05, 0) is 41.5 Å². The van der Waals surface area contributed by atoms with E-state index in [-0.39, 0.29) is 24.1 Å². The Balaban J connectivity index is 1.57. The highest BCUT2D eigenvalue weighted by Crippen LogP contribution is 2.34. The number of nitrogens with one attached hydrogen (secondary N) is 1. The molecule has 1 aliphatic heterocycles. The van der Waals surface area contributed by atoms with Crippen LogP contribution in [0.5, 0.6) is 0 Å². The van der Waals surface area contributed by atoms with Crippen LogP contribution in [0.4, 0.5) is 11.4 Å². The average Bonchev–Trinajstić information content (AvgIpc) is 3.00. The fourth-order valence-electron chi connectivity index (χ4n) is 3.83. The van der Waals surface area contributed by atoms with Gasteiger partial charge in [-0.25, -0.2) is 0 Å². The van der Waals surface area contributed by atoms with Gasteiger partial charge in [0.05, 0.1) is 17.9 Å². The third-order valence-electron chi connectivity index (χ3n) is 5.58. The van der Waals surface area contributed by atoms with E-state index in [0.29, 0.717) is 24.3 Å². The van der Waals surface area contributed by atoms with Crippen LogP contribution in [0, 0.1) is 0 Å². The Morgan fingerprint density at radius 1 is 0.909 bits per heavy atom. The summed E-state index contributed by atoms with van der Waals surface area (Å²) in [6, 6.07) is 24.3. The van der Waals surface area contributed by atoms with Gasteiger partial charge in [0.25, 0.3) is 11.8 Å². The summed E-state index contributed by atoms with van der Waals surface area (Å²) in [5.41, 5.74) is 3.82. The normalized spacial score (nSPS) is 13.5. The molecule has 0 radical (unpaired) electrons. The average molecular weight is 440 g/mol. The van der Waals surface area contributed by atoms with Gasteiger partial charge in [0.1, 0.15) is 0 Å². The Hall–Kier alpha value is -4.19. The van der Waals surface area contributed by atoms with Gasteiger partial charge < -0.3 is 15.1 Å². The lowest BCUT2D eigenvalue weighted by Crippen LogP contribution is -2.31. The molecule has 0 unspecified atom stereocenters. The molecule has 0 spiro atoms. The first-order chi connectivity index (χ1) is 16.1. The molecule has 0 saturated carbocycles. The zero-order valence-corrected chi connectivity index (χ0v) is 18.4. The lowest BCUT2D eigenvalue weighted by Gasteiger charge is -2.25. The molecule has 166 valence electrons. The van der Waals surface area contributed by atoms with Crippen LogP contribution in [0.25, 0.3) is 6.08 Å². The summed E-state index contributed by atoms with van der Waals surface area (Å²) >= 11 is 0. The molecule has 0 aliphatic carbocycles. The van der Waals surface area contributed by atoms with Crippen LogP contribution in [0.2, 0.25) is 0 Å². The van der Waals surface area contributed by atoms with Crippen molar-refractivity contribution in [3.05, 3.63) is 102 Å². The molecule has 0 fully saturated rings. The minimum atomic E-state index is -0.202. The van der Waals surface area contributed by atoms with Crippen molar-refractivity contribution in [3.8, 4) is 0 Å². The van der Waals surface area contributed by atoms with Gasteiger partial charge in [0, 0.05) is 31.7 Å². The van der Waals surface area contributed by atoms with Crippen LogP contribution in [0.15, 0.2) is 84.9 Å². The second-order valence-electron chi connectivity index (χ2n) is 7.73. The van der Waals surface area contributed by atoms with Crippen LogP contribution < -0.4 is 15.1 Å². The molecule has 0 atom stereocenters. The minimum Gasteiger partial charge on any atom is -0.355 e. The maximum atomic E-state index is 13.1. The number of rotatable bonds is 5. The summed E-state index contributed by atoms with van der Waals surface area (Å²) in [7, 11) is 1.58. The lowest BCUT2D eigenvalue weighted by molar-refractivity contribution is -0.118. The Labute approximate surface area is 193 Å². The number of amides is 3. The SMILES string of the molecule is CNC(=O)c1ccc(C=CC(=O)N2CCC(=O)N(Cc3ccccc3)c3ccccc32)cc1. The standard InChI is InChI=1S/C27H25N3O3/c1-28-27(33)22-14-11-20(12-15-22)13-16-25(31)29-18-17-26(32)30(19-21-7-3-2-4-8-21)24-10-6-5-9-23(24)29/h2-16H,17-19H2,1H3,(H,28,33). The summed E-state index contributed by atoms with van der Waals surface area (Å²) in [4.78, 5) is 41.2. The molecule has 6 nitrogen and oxygen atoms in total. The monoisotopic (exact) mass is 439 g/mol. The van der Waals surface area contributed by atoms with Crippen LogP contribution >= 0.6 is 0 Å². The topological polar surface area (TPSA) is 69.7 Å². The zero-order chi connectivity index (χ0) is 23.2. The number of hydrogen-bond donors (Lipinski definition) is 1. The number of nitrogens with zero attached hydrogens (tertiary/aromatic N) is 2. The van der Waals surface area contributed by atoms with Crippen LogP contribution in [-0.2, 0) is 16.1 Å². The van der Waals surface area contributed by atoms with Crippen molar-refractivity contribution in [2.45, 2.75) is 13.0 Å². The molecule has 1 N–H and O–H groups in total. The van der Waals surface area contributed by atoms with Gasteiger partial charge in [-0.1, -0.05) is 54.6 Å². The van der Waals surface area contributed by atoms with Gasteiger partial charge in [0.15, 0.2) is 0 Å².